The summed E-state index contributed by atoms with van der Waals surface area (Å²) < 4.78 is 5.70. The predicted octanol–water partition coefficient (Wildman–Crippen LogP) is 3.80. The maximum absolute atomic E-state index is 6.51. The zero-order chi connectivity index (χ0) is 14.3. The van der Waals surface area contributed by atoms with Gasteiger partial charge in [-0.1, -0.05) is 18.2 Å². The van der Waals surface area contributed by atoms with Crippen LogP contribution in [0.4, 0.5) is 0 Å². The number of benzene rings is 1. The van der Waals surface area contributed by atoms with Crippen LogP contribution in [0.15, 0.2) is 40.9 Å². The number of hydrogen-bond acceptors (Lipinski definition) is 3. The molecule has 0 aliphatic carbocycles. The Labute approximate surface area is 118 Å². The Hall–Kier alpha value is -2.13. The lowest BCUT2D eigenvalue weighted by Gasteiger charge is -2.15. The van der Waals surface area contributed by atoms with Crippen molar-refractivity contribution in [1.29, 1.82) is 0 Å². The van der Waals surface area contributed by atoms with E-state index in [-0.39, 0.29) is 6.04 Å². The first-order valence-electron chi connectivity index (χ1n) is 6.75. The smallest absolute Gasteiger partial charge is 0.106 e. The second-order valence-corrected chi connectivity index (χ2v) is 5.15. The number of aryl methyl sites for hydroxylation is 2. The van der Waals surface area contributed by atoms with Crippen LogP contribution in [-0.4, -0.2) is 4.98 Å². The number of nitrogens with two attached hydrogens (primary N) is 1. The summed E-state index contributed by atoms with van der Waals surface area (Å²) in [6, 6.07) is 9.89. The monoisotopic (exact) mass is 266 g/mol. The summed E-state index contributed by atoms with van der Waals surface area (Å²) in [5.41, 5.74) is 10.8. The molecule has 2 N–H and O–H groups in total. The van der Waals surface area contributed by atoms with Crippen molar-refractivity contribution in [3.63, 3.8) is 0 Å². The Morgan fingerprint density at radius 2 is 1.85 bits per heavy atom. The number of rotatable bonds is 2. The molecule has 3 aromatic rings. The van der Waals surface area contributed by atoms with Crippen LogP contribution in [0.1, 0.15) is 34.3 Å². The van der Waals surface area contributed by atoms with Crippen molar-refractivity contribution >= 4 is 10.9 Å². The highest BCUT2D eigenvalue weighted by Crippen LogP contribution is 2.32. The van der Waals surface area contributed by atoms with E-state index in [9.17, 15) is 0 Å². The molecule has 0 aliphatic heterocycles. The van der Waals surface area contributed by atoms with E-state index in [0.29, 0.717) is 0 Å². The van der Waals surface area contributed by atoms with Crippen LogP contribution in [0, 0.1) is 20.8 Å². The molecule has 3 rings (SSSR count). The van der Waals surface area contributed by atoms with Crippen molar-refractivity contribution in [1.82, 2.24) is 4.98 Å². The van der Waals surface area contributed by atoms with Crippen LogP contribution in [0.5, 0.6) is 0 Å². The average Bonchev–Trinajstić information content (AvgIpc) is 2.71. The molecule has 2 aromatic heterocycles. The van der Waals surface area contributed by atoms with E-state index >= 15 is 0 Å². The van der Waals surface area contributed by atoms with Gasteiger partial charge in [-0.25, -0.2) is 0 Å². The second-order valence-electron chi connectivity index (χ2n) is 5.15. The lowest BCUT2D eigenvalue weighted by Crippen LogP contribution is -2.14. The van der Waals surface area contributed by atoms with Gasteiger partial charge in [-0.3, -0.25) is 4.98 Å². The summed E-state index contributed by atoms with van der Waals surface area (Å²) >= 11 is 0. The van der Waals surface area contributed by atoms with Gasteiger partial charge in [0.05, 0.1) is 11.6 Å². The Balaban J connectivity index is 2.20. The van der Waals surface area contributed by atoms with Gasteiger partial charge < -0.3 is 10.2 Å². The molecule has 1 atom stereocenters. The van der Waals surface area contributed by atoms with Crippen molar-refractivity contribution in [2.75, 3.05) is 0 Å². The molecule has 0 aliphatic rings. The van der Waals surface area contributed by atoms with Gasteiger partial charge in [0.2, 0.25) is 0 Å². The maximum Gasteiger partial charge on any atom is 0.106 e. The van der Waals surface area contributed by atoms with Gasteiger partial charge in [0.1, 0.15) is 11.5 Å². The summed E-state index contributed by atoms with van der Waals surface area (Å²) in [7, 11) is 0. The molecule has 1 aromatic carbocycles. The lowest BCUT2D eigenvalue weighted by atomic mass is 9.93. The Morgan fingerprint density at radius 3 is 2.55 bits per heavy atom. The summed E-state index contributed by atoms with van der Waals surface area (Å²) in [6.07, 6.45) is 1.80. The molecule has 0 amide bonds. The molecule has 0 fully saturated rings. The molecule has 0 spiro atoms. The summed E-state index contributed by atoms with van der Waals surface area (Å²) in [4.78, 5) is 4.39. The fourth-order valence-corrected chi connectivity index (χ4v) is 2.82. The van der Waals surface area contributed by atoms with E-state index in [1.165, 1.54) is 0 Å². The molecule has 0 radical (unpaired) electrons. The van der Waals surface area contributed by atoms with Gasteiger partial charge in [-0.15, -0.1) is 0 Å². The van der Waals surface area contributed by atoms with Crippen molar-refractivity contribution < 1.29 is 4.42 Å². The van der Waals surface area contributed by atoms with Crippen LogP contribution in [-0.2, 0) is 0 Å². The van der Waals surface area contributed by atoms with Crippen molar-refractivity contribution in [3.05, 3.63) is 64.7 Å². The van der Waals surface area contributed by atoms with Crippen LogP contribution in [0.2, 0.25) is 0 Å². The minimum absolute atomic E-state index is 0.194. The first-order chi connectivity index (χ1) is 9.59. The Morgan fingerprint density at radius 1 is 1.05 bits per heavy atom. The molecule has 1 unspecified atom stereocenters. The number of hydrogen-bond donors (Lipinski definition) is 1. The molecule has 0 bridgehead atoms. The number of furan rings is 1. The van der Waals surface area contributed by atoms with Crippen molar-refractivity contribution in [2.24, 2.45) is 5.73 Å². The fraction of sp³-hybridized carbons (Fsp3) is 0.235. The van der Waals surface area contributed by atoms with E-state index in [2.05, 4.69) is 24.0 Å². The Bertz CT molecular complexity index is 769. The third-order valence-corrected chi connectivity index (χ3v) is 3.94. The largest absolute Gasteiger partial charge is 0.466 e. The molecule has 102 valence electrons. The van der Waals surface area contributed by atoms with Crippen molar-refractivity contribution in [2.45, 2.75) is 26.8 Å². The summed E-state index contributed by atoms with van der Waals surface area (Å²) in [5, 5.41) is 1.10. The fourth-order valence-electron chi connectivity index (χ4n) is 2.82. The topological polar surface area (TPSA) is 52.0 Å². The van der Waals surface area contributed by atoms with Gasteiger partial charge in [-0.05, 0) is 44.0 Å². The third kappa shape index (κ3) is 1.91. The molecule has 0 saturated carbocycles. The molecule has 3 heteroatoms. The average molecular weight is 266 g/mol. The van der Waals surface area contributed by atoms with Crippen molar-refractivity contribution in [3.8, 4) is 0 Å². The first kappa shape index (κ1) is 12.9. The molecule has 0 saturated heterocycles. The number of fused-ring (bicyclic) bond motifs is 1. The molecule has 2 heterocycles. The van der Waals surface area contributed by atoms with Gasteiger partial charge in [0.25, 0.3) is 0 Å². The molecular formula is C17H18N2O. The minimum atomic E-state index is -0.194. The van der Waals surface area contributed by atoms with Gasteiger partial charge in [0.15, 0.2) is 0 Å². The molecule has 20 heavy (non-hydrogen) atoms. The third-order valence-electron chi connectivity index (χ3n) is 3.94. The van der Waals surface area contributed by atoms with E-state index in [1.54, 1.807) is 6.20 Å². The number of aromatic nitrogens is 1. The lowest BCUT2D eigenvalue weighted by molar-refractivity contribution is 0.498. The van der Waals surface area contributed by atoms with Gasteiger partial charge in [-0.2, -0.15) is 0 Å². The molecule has 3 nitrogen and oxygen atoms in total. The maximum atomic E-state index is 6.51. The van der Waals surface area contributed by atoms with Gasteiger partial charge in [0, 0.05) is 17.1 Å². The van der Waals surface area contributed by atoms with Gasteiger partial charge >= 0.3 is 0 Å². The molecular weight excluding hydrogens is 248 g/mol. The first-order valence-corrected chi connectivity index (χ1v) is 6.75. The van der Waals surface area contributed by atoms with E-state index in [0.717, 1.165) is 39.1 Å². The quantitative estimate of drug-likeness (QED) is 0.767. The number of nitrogens with zero attached hydrogens (tertiary/aromatic N) is 1. The highest BCUT2D eigenvalue weighted by molar-refractivity contribution is 5.83. The van der Waals surface area contributed by atoms with E-state index in [1.807, 2.05) is 32.0 Å². The zero-order valence-electron chi connectivity index (χ0n) is 12.0. The second kappa shape index (κ2) is 4.76. The highest BCUT2D eigenvalue weighted by Gasteiger charge is 2.20. The minimum Gasteiger partial charge on any atom is -0.466 e. The highest BCUT2D eigenvalue weighted by atomic mass is 16.3. The zero-order valence-corrected chi connectivity index (χ0v) is 12.0. The SMILES string of the molecule is Cc1oc(C)c(C(N)c2cccc3ncccc23)c1C. The predicted molar refractivity (Wildman–Crippen MR) is 80.7 cm³/mol. The normalized spacial score (nSPS) is 12.8. The summed E-state index contributed by atoms with van der Waals surface area (Å²) in [5.74, 6) is 1.83. The standard InChI is InChI=1S/C17H18N2O/c1-10-11(2)20-12(3)16(10)17(18)14-6-4-8-15-13(14)7-5-9-19-15/h4-9,17H,18H2,1-3H3. The van der Waals surface area contributed by atoms with E-state index in [4.69, 9.17) is 10.2 Å². The summed E-state index contributed by atoms with van der Waals surface area (Å²) in [6.45, 7) is 6.01. The number of pyridine rings is 1. The van der Waals surface area contributed by atoms with Crippen LogP contribution >= 0.6 is 0 Å². The van der Waals surface area contributed by atoms with Crippen LogP contribution in [0.3, 0.4) is 0 Å². The van der Waals surface area contributed by atoms with Crippen LogP contribution < -0.4 is 5.73 Å². The van der Waals surface area contributed by atoms with E-state index < -0.39 is 0 Å². The Kier molecular flexibility index (Phi) is 3.07. The van der Waals surface area contributed by atoms with Crippen LogP contribution in [0.25, 0.3) is 10.9 Å².